The van der Waals surface area contributed by atoms with E-state index in [0.29, 0.717) is 0 Å². The number of hydrogen-bond donors (Lipinski definition) is 3. The van der Waals surface area contributed by atoms with Gasteiger partial charge in [-0.05, 0) is 6.92 Å². The summed E-state index contributed by atoms with van der Waals surface area (Å²) in [5.74, 6) is -1.97. The minimum atomic E-state index is -4.04. The molecule has 1 aromatic heterocycles. The first-order valence-corrected chi connectivity index (χ1v) is 6.78. The van der Waals surface area contributed by atoms with Gasteiger partial charge in [-0.15, -0.1) is 0 Å². The van der Waals surface area contributed by atoms with Gasteiger partial charge in [-0.2, -0.15) is 5.10 Å². The van der Waals surface area contributed by atoms with Crippen LogP contribution in [0.3, 0.4) is 0 Å². The van der Waals surface area contributed by atoms with E-state index in [1.165, 1.54) is 0 Å². The highest BCUT2D eigenvalue weighted by Gasteiger charge is 2.25. The lowest BCUT2D eigenvalue weighted by Crippen LogP contribution is -2.28. The maximum absolute atomic E-state index is 11.8. The molecule has 0 spiro atoms. The van der Waals surface area contributed by atoms with Crippen LogP contribution >= 0.6 is 0 Å². The second kappa shape index (κ2) is 6.29. The van der Waals surface area contributed by atoms with Gasteiger partial charge in [0.2, 0.25) is 0 Å². The monoisotopic (exact) mass is 291 g/mol. The van der Waals surface area contributed by atoms with Gasteiger partial charge in [-0.25, -0.2) is 17.9 Å². The van der Waals surface area contributed by atoms with Gasteiger partial charge in [0.15, 0.2) is 5.03 Å². The van der Waals surface area contributed by atoms with Crippen molar-refractivity contribution in [2.45, 2.75) is 18.4 Å². The van der Waals surface area contributed by atoms with Crippen LogP contribution in [0.15, 0.2) is 11.2 Å². The van der Waals surface area contributed by atoms with Crippen molar-refractivity contribution in [1.82, 2.24) is 14.9 Å². The Morgan fingerprint density at radius 2 is 2.21 bits per heavy atom. The summed E-state index contributed by atoms with van der Waals surface area (Å²) >= 11 is 0. The highest BCUT2D eigenvalue weighted by molar-refractivity contribution is 7.89. The second-order valence-corrected chi connectivity index (χ2v) is 5.08. The van der Waals surface area contributed by atoms with Crippen LogP contribution in [0.5, 0.6) is 0 Å². The average molecular weight is 291 g/mol. The number of carboxylic acids is 1. The van der Waals surface area contributed by atoms with Gasteiger partial charge in [-0.1, -0.05) is 0 Å². The zero-order valence-electron chi connectivity index (χ0n) is 10.0. The number of sulfonamides is 1. The zero-order chi connectivity index (χ0) is 14.5. The van der Waals surface area contributed by atoms with Crippen LogP contribution in [0.4, 0.5) is 0 Å². The fraction of sp³-hybridized carbons (Fsp3) is 0.444. The Hall–Kier alpha value is -1.94. The Morgan fingerprint density at radius 3 is 2.79 bits per heavy atom. The molecule has 0 saturated heterocycles. The largest absolute Gasteiger partial charge is 0.481 e. The summed E-state index contributed by atoms with van der Waals surface area (Å²) < 4.78 is 30.4. The van der Waals surface area contributed by atoms with E-state index in [1.807, 2.05) is 4.72 Å². The Balaban J connectivity index is 2.87. The highest BCUT2D eigenvalue weighted by atomic mass is 32.2. The molecule has 9 nitrogen and oxygen atoms in total. The van der Waals surface area contributed by atoms with Gasteiger partial charge >= 0.3 is 11.9 Å². The lowest BCUT2D eigenvalue weighted by atomic mass is 10.4. The van der Waals surface area contributed by atoms with Crippen LogP contribution < -0.4 is 4.72 Å². The highest BCUT2D eigenvalue weighted by Crippen LogP contribution is 2.12. The number of carbonyl (C=O) groups is 2. The summed E-state index contributed by atoms with van der Waals surface area (Å²) in [4.78, 5) is 21.8. The van der Waals surface area contributed by atoms with Crippen LogP contribution in [0.25, 0.3) is 0 Å². The predicted octanol–water partition coefficient (Wildman–Crippen LogP) is -0.661. The molecule has 3 N–H and O–H groups in total. The molecule has 106 valence electrons. The first-order valence-electron chi connectivity index (χ1n) is 5.30. The molecule has 19 heavy (non-hydrogen) atoms. The third-order valence-corrected chi connectivity index (χ3v) is 3.43. The van der Waals surface area contributed by atoms with Crippen molar-refractivity contribution < 1.29 is 27.9 Å². The van der Waals surface area contributed by atoms with Crippen molar-refractivity contribution in [1.29, 1.82) is 0 Å². The SMILES string of the molecule is CCOC(=O)c1cn[nH]c1S(=O)(=O)NCCC(=O)O. The maximum Gasteiger partial charge on any atom is 0.342 e. The number of aliphatic carboxylic acids is 1. The van der Waals surface area contributed by atoms with Crippen molar-refractivity contribution in [3.8, 4) is 0 Å². The van der Waals surface area contributed by atoms with Crippen molar-refractivity contribution in [2.24, 2.45) is 0 Å². The number of carbonyl (C=O) groups excluding carboxylic acids is 1. The van der Waals surface area contributed by atoms with Crippen molar-refractivity contribution in [3.05, 3.63) is 11.8 Å². The molecule has 0 bridgehead atoms. The number of hydrogen-bond acceptors (Lipinski definition) is 6. The Labute approximate surface area is 109 Å². The molecule has 0 aliphatic rings. The summed E-state index contributed by atoms with van der Waals surface area (Å²) in [5.41, 5.74) is -0.232. The summed E-state index contributed by atoms with van der Waals surface area (Å²) in [6, 6.07) is 0. The van der Waals surface area contributed by atoms with Gasteiger partial charge in [0.1, 0.15) is 5.56 Å². The average Bonchev–Trinajstić information content (AvgIpc) is 2.78. The van der Waals surface area contributed by atoms with Gasteiger partial charge in [0, 0.05) is 6.54 Å². The molecule has 0 unspecified atom stereocenters. The summed E-state index contributed by atoms with van der Waals surface area (Å²) in [5, 5.41) is 13.6. The number of nitrogens with one attached hydrogen (secondary N) is 2. The molecule has 1 aromatic rings. The molecular weight excluding hydrogens is 278 g/mol. The zero-order valence-corrected chi connectivity index (χ0v) is 10.9. The predicted molar refractivity (Wildman–Crippen MR) is 62.0 cm³/mol. The summed E-state index contributed by atoms with van der Waals surface area (Å²) in [6.45, 7) is 1.38. The normalized spacial score (nSPS) is 11.2. The van der Waals surface area contributed by atoms with Crippen LogP contribution in [0.1, 0.15) is 23.7 Å². The molecular formula is C9H13N3O6S. The molecule has 10 heteroatoms. The van der Waals surface area contributed by atoms with E-state index in [2.05, 4.69) is 14.9 Å². The number of carboxylic acid groups (broad SMARTS) is 1. The third-order valence-electron chi connectivity index (χ3n) is 2.00. The number of rotatable bonds is 7. The number of H-pyrrole nitrogens is 1. The van der Waals surface area contributed by atoms with E-state index in [4.69, 9.17) is 5.11 Å². The van der Waals surface area contributed by atoms with Crippen LogP contribution in [-0.4, -0.2) is 48.8 Å². The molecule has 1 rings (SSSR count). The minimum Gasteiger partial charge on any atom is -0.481 e. The molecule has 0 atom stereocenters. The molecule has 0 aromatic carbocycles. The van der Waals surface area contributed by atoms with Crippen LogP contribution in [0, 0.1) is 0 Å². The Bertz CT molecular complexity index is 564. The van der Waals surface area contributed by atoms with Crippen molar-refractivity contribution in [3.63, 3.8) is 0 Å². The molecule has 0 radical (unpaired) electrons. The number of esters is 1. The number of aromatic amines is 1. The van der Waals surface area contributed by atoms with E-state index < -0.39 is 27.0 Å². The van der Waals surface area contributed by atoms with Crippen molar-refractivity contribution >= 4 is 22.0 Å². The molecule has 0 saturated carbocycles. The first kappa shape index (κ1) is 15.1. The van der Waals surface area contributed by atoms with E-state index >= 15 is 0 Å². The van der Waals surface area contributed by atoms with E-state index in [-0.39, 0.29) is 25.1 Å². The van der Waals surface area contributed by atoms with Crippen molar-refractivity contribution in [2.75, 3.05) is 13.2 Å². The molecule has 0 aliphatic carbocycles. The van der Waals surface area contributed by atoms with Gasteiger partial charge < -0.3 is 9.84 Å². The lowest BCUT2D eigenvalue weighted by molar-refractivity contribution is -0.136. The van der Waals surface area contributed by atoms with E-state index in [1.54, 1.807) is 6.92 Å². The third kappa shape index (κ3) is 4.03. The Kier molecular flexibility index (Phi) is 5.01. The first-order chi connectivity index (χ1) is 8.88. The number of ether oxygens (including phenoxy) is 1. The quantitative estimate of drug-likeness (QED) is 0.567. The Morgan fingerprint density at radius 1 is 1.53 bits per heavy atom. The fourth-order valence-electron chi connectivity index (χ4n) is 1.20. The van der Waals surface area contributed by atoms with E-state index in [9.17, 15) is 18.0 Å². The minimum absolute atomic E-state index is 0.0932. The standard InChI is InChI=1S/C9H13N3O6S/c1-2-18-9(15)6-5-10-12-8(6)19(16,17)11-4-3-7(13)14/h5,11H,2-4H2,1H3,(H,10,12)(H,13,14). The molecule has 0 aliphatic heterocycles. The summed E-state index contributed by atoms with van der Waals surface area (Å²) in [6.07, 6.45) is 0.659. The lowest BCUT2D eigenvalue weighted by Gasteiger charge is -2.05. The van der Waals surface area contributed by atoms with E-state index in [0.717, 1.165) is 6.20 Å². The second-order valence-electron chi connectivity index (χ2n) is 3.37. The maximum atomic E-state index is 11.8. The van der Waals surface area contributed by atoms with Crippen LogP contribution in [-0.2, 0) is 19.6 Å². The smallest absolute Gasteiger partial charge is 0.342 e. The topological polar surface area (TPSA) is 138 Å². The van der Waals surface area contributed by atoms with Gasteiger partial charge in [-0.3, -0.25) is 9.89 Å². The fourth-order valence-corrected chi connectivity index (χ4v) is 2.31. The van der Waals surface area contributed by atoms with Gasteiger partial charge in [0.25, 0.3) is 10.0 Å². The summed E-state index contributed by atoms with van der Waals surface area (Å²) in [7, 11) is -4.04. The molecule has 1 heterocycles. The number of nitrogens with zero attached hydrogens (tertiary/aromatic N) is 1. The number of aromatic nitrogens is 2. The van der Waals surface area contributed by atoms with Gasteiger partial charge in [0.05, 0.1) is 19.2 Å². The van der Waals surface area contributed by atoms with Crippen LogP contribution in [0.2, 0.25) is 0 Å². The molecule has 0 fully saturated rings. The molecule has 0 amide bonds.